The third-order valence-electron chi connectivity index (χ3n) is 2.46. The van der Waals surface area contributed by atoms with Crippen LogP contribution >= 0.6 is 0 Å². The molecule has 19 heavy (non-hydrogen) atoms. The van der Waals surface area contributed by atoms with Crippen molar-refractivity contribution in [2.24, 2.45) is 0 Å². The van der Waals surface area contributed by atoms with Crippen LogP contribution in [-0.2, 0) is 0 Å². The Morgan fingerprint density at radius 3 is 2.68 bits per heavy atom. The summed E-state index contributed by atoms with van der Waals surface area (Å²) in [5, 5.41) is 14.8. The molecule has 0 bridgehead atoms. The van der Waals surface area contributed by atoms with Gasteiger partial charge in [0, 0.05) is 0 Å². The molecular weight excluding hydrogens is 255 g/mol. The minimum atomic E-state index is -1.34. The lowest BCUT2D eigenvalue weighted by molar-refractivity contribution is 0.0697. The van der Waals surface area contributed by atoms with Crippen LogP contribution in [0.5, 0.6) is 0 Å². The highest BCUT2D eigenvalue weighted by atomic mass is 19.1. The SMILES string of the molecule is Cc1oncc1C(=O)Nc1ccc(F)cc1C(=O)O. The van der Waals surface area contributed by atoms with Crippen molar-refractivity contribution >= 4 is 17.6 Å². The Kier molecular flexibility index (Phi) is 3.28. The highest BCUT2D eigenvalue weighted by Gasteiger charge is 2.17. The van der Waals surface area contributed by atoms with Crippen LogP contribution in [0.1, 0.15) is 26.5 Å². The number of aryl methyl sites for hydroxylation is 1. The molecule has 0 radical (unpaired) electrons. The first-order chi connectivity index (χ1) is 8.99. The van der Waals surface area contributed by atoms with E-state index in [0.717, 1.165) is 12.1 Å². The highest BCUT2D eigenvalue weighted by molar-refractivity contribution is 6.08. The predicted molar refractivity (Wildman–Crippen MR) is 62.6 cm³/mol. The molecule has 6 nitrogen and oxygen atoms in total. The molecule has 0 aliphatic heterocycles. The van der Waals surface area contributed by atoms with Crippen molar-refractivity contribution in [3.05, 3.63) is 47.1 Å². The highest BCUT2D eigenvalue weighted by Crippen LogP contribution is 2.18. The van der Waals surface area contributed by atoms with Gasteiger partial charge < -0.3 is 14.9 Å². The van der Waals surface area contributed by atoms with E-state index >= 15 is 0 Å². The van der Waals surface area contributed by atoms with Crippen molar-refractivity contribution in [1.29, 1.82) is 0 Å². The van der Waals surface area contributed by atoms with Crippen LogP contribution in [0.25, 0.3) is 0 Å². The molecule has 0 atom stereocenters. The maximum absolute atomic E-state index is 13.0. The molecule has 98 valence electrons. The van der Waals surface area contributed by atoms with E-state index in [0.29, 0.717) is 5.76 Å². The molecular formula is C12H9FN2O4. The van der Waals surface area contributed by atoms with Gasteiger partial charge in [-0.25, -0.2) is 9.18 Å². The van der Waals surface area contributed by atoms with E-state index in [9.17, 15) is 14.0 Å². The zero-order valence-corrected chi connectivity index (χ0v) is 9.81. The molecule has 0 spiro atoms. The van der Waals surface area contributed by atoms with Crippen LogP contribution in [0.3, 0.4) is 0 Å². The number of carbonyl (C=O) groups is 2. The molecule has 1 heterocycles. The monoisotopic (exact) mass is 264 g/mol. The first-order valence-electron chi connectivity index (χ1n) is 5.24. The van der Waals surface area contributed by atoms with Gasteiger partial charge in [0.2, 0.25) is 0 Å². The fraction of sp³-hybridized carbons (Fsp3) is 0.0833. The second-order valence-electron chi connectivity index (χ2n) is 3.74. The van der Waals surface area contributed by atoms with E-state index in [1.807, 2.05) is 0 Å². The zero-order chi connectivity index (χ0) is 14.0. The van der Waals surface area contributed by atoms with Gasteiger partial charge in [-0.15, -0.1) is 0 Å². The quantitative estimate of drug-likeness (QED) is 0.885. The van der Waals surface area contributed by atoms with E-state index in [1.54, 1.807) is 6.92 Å². The van der Waals surface area contributed by atoms with Crippen molar-refractivity contribution in [3.63, 3.8) is 0 Å². The van der Waals surface area contributed by atoms with Gasteiger partial charge in [-0.1, -0.05) is 5.16 Å². The molecule has 0 saturated heterocycles. The Balaban J connectivity index is 2.32. The topological polar surface area (TPSA) is 92.4 Å². The number of hydrogen-bond donors (Lipinski definition) is 2. The third-order valence-corrected chi connectivity index (χ3v) is 2.46. The number of nitrogens with one attached hydrogen (secondary N) is 1. The zero-order valence-electron chi connectivity index (χ0n) is 9.81. The molecule has 0 fully saturated rings. The van der Waals surface area contributed by atoms with E-state index in [4.69, 9.17) is 9.63 Å². The van der Waals surface area contributed by atoms with Crippen LogP contribution in [0.15, 0.2) is 28.9 Å². The second-order valence-corrected chi connectivity index (χ2v) is 3.74. The number of hydrogen-bond acceptors (Lipinski definition) is 4. The van der Waals surface area contributed by atoms with E-state index in [-0.39, 0.29) is 16.8 Å². The number of carboxylic acids is 1. The standard InChI is InChI=1S/C12H9FN2O4/c1-6-9(5-14-19-6)11(16)15-10-3-2-7(13)4-8(10)12(17)18/h2-5H,1H3,(H,15,16)(H,17,18). The maximum atomic E-state index is 13.0. The summed E-state index contributed by atoms with van der Waals surface area (Å²) in [7, 11) is 0. The van der Waals surface area contributed by atoms with Gasteiger partial charge in [0.1, 0.15) is 17.1 Å². The van der Waals surface area contributed by atoms with Gasteiger partial charge in [0.15, 0.2) is 0 Å². The molecule has 2 aromatic rings. The molecule has 1 aromatic carbocycles. The van der Waals surface area contributed by atoms with Gasteiger partial charge in [-0.3, -0.25) is 4.79 Å². The maximum Gasteiger partial charge on any atom is 0.337 e. The lowest BCUT2D eigenvalue weighted by Crippen LogP contribution is -2.15. The molecule has 0 unspecified atom stereocenters. The second kappa shape index (κ2) is 4.89. The minimum Gasteiger partial charge on any atom is -0.478 e. The normalized spacial score (nSPS) is 10.2. The number of halogens is 1. The fourth-order valence-electron chi connectivity index (χ4n) is 1.51. The Morgan fingerprint density at radius 1 is 1.37 bits per heavy atom. The number of aromatic carboxylic acids is 1. The first-order valence-corrected chi connectivity index (χ1v) is 5.24. The van der Waals surface area contributed by atoms with Crippen LogP contribution in [0, 0.1) is 12.7 Å². The lowest BCUT2D eigenvalue weighted by Gasteiger charge is -2.07. The van der Waals surface area contributed by atoms with Crippen molar-refractivity contribution in [3.8, 4) is 0 Å². The summed E-state index contributed by atoms with van der Waals surface area (Å²) in [5.74, 6) is -2.31. The number of carbonyl (C=O) groups excluding carboxylic acids is 1. The van der Waals surface area contributed by atoms with Gasteiger partial charge in [0.05, 0.1) is 17.4 Å². The van der Waals surface area contributed by atoms with E-state index < -0.39 is 17.7 Å². The Hall–Kier alpha value is -2.70. The summed E-state index contributed by atoms with van der Waals surface area (Å²) in [4.78, 5) is 22.8. The number of amides is 1. The number of rotatable bonds is 3. The van der Waals surface area contributed by atoms with Gasteiger partial charge in [-0.2, -0.15) is 0 Å². The fourth-order valence-corrected chi connectivity index (χ4v) is 1.51. The molecule has 2 N–H and O–H groups in total. The van der Waals surface area contributed by atoms with Gasteiger partial charge >= 0.3 is 5.97 Å². The molecule has 1 aromatic heterocycles. The number of benzene rings is 1. The lowest BCUT2D eigenvalue weighted by atomic mass is 10.1. The Morgan fingerprint density at radius 2 is 2.11 bits per heavy atom. The van der Waals surface area contributed by atoms with Crippen molar-refractivity contribution in [2.75, 3.05) is 5.32 Å². The Labute approximate surface area is 106 Å². The van der Waals surface area contributed by atoms with Crippen molar-refractivity contribution in [2.45, 2.75) is 6.92 Å². The minimum absolute atomic E-state index is 0.000463. The average Bonchev–Trinajstić information content (AvgIpc) is 2.77. The first kappa shape index (κ1) is 12.7. The van der Waals surface area contributed by atoms with E-state index in [2.05, 4.69) is 10.5 Å². The summed E-state index contributed by atoms with van der Waals surface area (Å²) >= 11 is 0. The third kappa shape index (κ3) is 2.59. The largest absolute Gasteiger partial charge is 0.478 e. The number of nitrogens with zero attached hydrogens (tertiary/aromatic N) is 1. The summed E-state index contributed by atoms with van der Waals surface area (Å²) in [6.07, 6.45) is 1.22. The molecule has 0 saturated carbocycles. The summed E-state index contributed by atoms with van der Waals surface area (Å²) in [6, 6.07) is 3.07. The Bertz CT molecular complexity index is 651. The summed E-state index contributed by atoms with van der Waals surface area (Å²) in [6.45, 7) is 1.55. The summed E-state index contributed by atoms with van der Waals surface area (Å²) in [5.41, 5.74) is -0.150. The van der Waals surface area contributed by atoms with Crippen LogP contribution in [-0.4, -0.2) is 22.1 Å². The van der Waals surface area contributed by atoms with E-state index in [1.165, 1.54) is 12.3 Å². The molecule has 7 heteroatoms. The predicted octanol–water partition coefficient (Wildman–Crippen LogP) is 2.07. The molecule has 1 amide bonds. The van der Waals surface area contributed by atoms with Crippen molar-refractivity contribution in [1.82, 2.24) is 5.16 Å². The molecule has 0 aliphatic carbocycles. The van der Waals surface area contributed by atoms with Gasteiger partial charge in [0.25, 0.3) is 5.91 Å². The molecule has 0 aliphatic rings. The molecule has 2 rings (SSSR count). The van der Waals surface area contributed by atoms with Crippen molar-refractivity contribution < 1.29 is 23.6 Å². The van der Waals surface area contributed by atoms with Crippen LogP contribution in [0.4, 0.5) is 10.1 Å². The number of aromatic nitrogens is 1. The number of anilines is 1. The summed E-state index contributed by atoms with van der Waals surface area (Å²) < 4.78 is 17.7. The van der Waals surface area contributed by atoms with Crippen LogP contribution in [0.2, 0.25) is 0 Å². The van der Waals surface area contributed by atoms with Crippen LogP contribution < -0.4 is 5.32 Å². The number of carboxylic acid groups (broad SMARTS) is 1. The smallest absolute Gasteiger partial charge is 0.337 e. The average molecular weight is 264 g/mol. The van der Waals surface area contributed by atoms with Gasteiger partial charge in [-0.05, 0) is 25.1 Å².